The number of halogens is 2. The number of hydrogen-bond donors (Lipinski definition) is 1. The van der Waals surface area contributed by atoms with Crippen LogP contribution in [0.25, 0.3) is 0 Å². The van der Waals surface area contributed by atoms with Crippen LogP contribution in [-0.2, 0) is 4.79 Å². The smallest absolute Gasteiger partial charge is 0.166 e. The lowest BCUT2D eigenvalue weighted by Crippen LogP contribution is -2.00. The molecule has 0 aliphatic heterocycles. The maximum atomic E-state index is 13.2. The molecule has 0 aliphatic carbocycles. The van der Waals surface area contributed by atoms with Crippen molar-refractivity contribution in [2.75, 3.05) is 0 Å². The summed E-state index contributed by atoms with van der Waals surface area (Å²) in [7, 11) is 0. The average molecular weight is 231 g/mol. The van der Waals surface area contributed by atoms with E-state index in [0.29, 0.717) is 11.1 Å². The van der Waals surface area contributed by atoms with Crippen LogP contribution in [0.5, 0.6) is 5.75 Å². The predicted molar refractivity (Wildman–Crippen MR) is 56.9 cm³/mol. The van der Waals surface area contributed by atoms with Crippen molar-refractivity contribution >= 4 is 17.9 Å². The highest BCUT2D eigenvalue weighted by Gasteiger charge is 2.18. The summed E-state index contributed by atoms with van der Waals surface area (Å²) in [5.74, 6) is -1.40. The Kier molecular flexibility index (Phi) is 3.69. The quantitative estimate of drug-likeness (QED) is 0.810. The minimum atomic E-state index is -0.752. The van der Waals surface area contributed by atoms with E-state index >= 15 is 0 Å². The molecule has 1 rings (SSSR count). The molecule has 0 bridgehead atoms. The molecule has 0 saturated carbocycles. The SMILES string of the molecule is Cc1c(Cl)cc(F)c(O)c1C(C)CC=O. The second-order valence-electron chi connectivity index (χ2n) is 3.53. The van der Waals surface area contributed by atoms with E-state index in [0.717, 1.165) is 12.4 Å². The van der Waals surface area contributed by atoms with Crippen molar-refractivity contribution in [3.63, 3.8) is 0 Å². The lowest BCUT2D eigenvalue weighted by molar-refractivity contribution is -0.108. The number of aromatic hydroxyl groups is 1. The first kappa shape index (κ1) is 12.0. The molecule has 1 aromatic carbocycles. The highest BCUT2D eigenvalue weighted by Crippen LogP contribution is 2.36. The van der Waals surface area contributed by atoms with E-state index in [4.69, 9.17) is 11.6 Å². The van der Waals surface area contributed by atoms with Crippen LogP contribution < -0.4 is 0 Å². The molecule has 0 aromatic heterocycles. The zero-order valence-corrected chi connectivity index (χ0v) is 9.31. The summed E-state index contributed by atoms with van der Waals surface area (Å²) in [6.07, 6.45) is 0.969. The van der Waals surface area contributed by atoms with Gasteiger partial charge in [-0.05, 0) is 24.5 Å². The van der Waals surface area contributed by atoms with Gasteiger partial charge >= 0.3 is 0 Å². The van der Waals surface area contributed by atoms with Gasteiger partial charge in [0, 0.05) is 17.0 Å². The molecule has 0 amide bonds. The Hall–Kier alpha value is -1.09. The van der Waals surface area contributed by atoms with Crippen molar-refractivity contribution in [2.45, 2.75) is 26.2 Å². The van der Waals surface area contributed by atoms with E-state index in [2.05, 4.69) is 0 Å². The second kappa shape index (κ2) is 4.62. The van der Waals surface area contributed by atoms with Gasteiger partial charge in [-0.15, -0.1) is 0 Å². The minimum Gasteiger partial charge on any atom is -0.505 e. The molecule has 1 unspecified atom stereocenters. The summed E-state index contributed by atoms with van der Waals surface area (Å²) >= 11 is 5.80. The van der Waals surface area contributed by atoms with Crippen LogP contribution in [0, 0.1) is 12.7 Å². The monoisotopic (exact) mass is 230 g/mol. The first-order valence-corrected chi connectivity index (χ1v) is 4.98. The molecule has 0 fully saturated rings. The van der Waals surface area contributed by atoms with Crippen molar-refractivity contribution < 1.29 is 14.3 Å². The molecule has 4 heteroatoms. The Labute approximate surface area is 92.7 Å². The fourth-order valence-electron chi connectivity index (χ4n) is 1.59. The summed E-state index contributed by atoms with van der Waals surface area (Å²) in [6, 6.07) is 1.07. The van der Waals surface area contributed by atoms with Crippen LogP contribution in [0.4, 0.5) is 4.39 Å². The summed E-state index contributed by atoms with van der Waals surface area (Å²) in [5, 5.41) is 9.81. The molecule has 1 aromatic rings. The van der Waals surface area contributed by atoms with Crippen molar-refractivity contribution in [1.82, 2.24) is 0 Å². The number of phenolic OH excluding ortho intramolecular Hbond substituents is 1. The van der Waals surface area contributed by atoms with Crippen LogP contribution in [0.1, 0.15) is 30.4 Å². The van der Waals surface area contributed by atoms with Crippen molar-refractivity contribution in [3.05, 3.63) is 28.0 Å². The maximum absolute atomic E-state index is 13.2. The lowest BCUT2D eigenvalue weighted by Gasteiger charge is -2.15. The van der Waals surface area contributed by atoms with E-state index in [1.807, 2.05) is 0 Å². The second-order valence-corrected chi connectivity index (χ2v) is 3.94. The summed E-state index contributed by atoms with van der Waals surface area (Å²) in [5.41, 5.74) is 1.03. The summed E-state index contributed by atoms with van der Waals surface area (Å²) < 4.78 is 13.2. The van der Waals surface area contributed by atoms with Gasteiger partial charge in [0.15, 0.2) is 11.6 Å². The Morgan fingerprint density at radius 2 is 2.27 bits per heavy atom. The number of phenols is 1. The summed E-state index contributed by atoms with van der Waals surface area (Å²) in [4.78, 5) is 10.4. The van der Waals surface area contributed by atoms with Gasteiger partial charge in [-0.3, -0.25) is 0 Å². The molecule has 1 N–H and O–H groups in total. The van der Waals surface area contributed by atoms with Gasteiger partial charge in [0.05, 0.1) is 0 Å². The van der Waals surface area contributed by atoms with Crippen LogP contribution in [0.2, 0.25) is 5.02 Å². The van der Waals surface area contributed by atoms with Crippen LogP contribution >= 0.6 is 11.6 Å². The molecule has 0 heterocycles. The number of hydrogen-bond acceptors (Lipinski definition) is 2. The van der Waals surface area contributed by atoms with E-state index in [1.165, 1.54) is 0 Å². The third-order valence-electron chi connectivity index (χ3n) is 2.44. The van der Waals surface area contributed by atoms with E-state index in [9.17, 15) is 14.3 Å². The minimum absolute atomic E-state index is 0.230. The standard InChI is InChI=1S/C11H12ClFO2/c1-6(3-4-14)10-7(2)8(12)5-9(13)11(10)15/h4-6,15H,3H2,1-2H3. The Bertz CT molecular complexity index is 364. The van der Waals surface area contributed by atoms with Gasteiger partial charge in [-0.2, -0.15) is 0 Å². The van der Waals surface area contributed by atoms with E-state index in [1.54, 1.807) is 13.8 Å². The van der Waals surface area contributed by atoms with E-state index in [-0.39, 0.29) is 17.4 Å². The molecule has 0 saturated heterocycles. The fourth-order valence-corrected chi connectivity index (χ4v) is 1.79. The van der Waals surface area contributed by atoms with Gasteiger partial charge in [-0.1, -0.05) is 18.5 Å². The lowest BCUT2D eigenvalue weighted by atomic mass is 9.93. The Morgan fingerprint density at radius 1 is 1.67 bits per heavy atom. The number of aldehydes is 1. The largest absolute Gasteiger partial charge is 0.505 e. The molecule has 0 aliphatic rings. The molecule has 15 heavy (non-hydrogen) atoms. The third-order valence-corrected chi connectivity index (χ3v) is 2.83. The number of carbonyl (C=O) groups is 1. The molecule has 2 nitrogen and oxygen atoms in total. The first-order valence-electron chi connectivity index (χ1n) is 4.60. The zero-order chi connectivity index (χ0) is 11.6. The Balaban J connectivity index is 3.31. The maximum Gasteiger partial charge on any atom is 0.166 e. The highest BCUT2D eigenvalue weighted by molar-refractivity contribution is 6.31. The fraction of sp³-hybridized carbons (Fsp3) is 0.364. The van der Waals surface area contributed by atoms with Gasteiger partial charge in [0.2, 0.25) is 0 Å². The number of carbonyl (C=O) groups excluding carboxylic acids is 1. The topological polar surface area (TPSA) is 37.3 Å². The van der Waals surface area contributed by atoms with Gasteiger partial charge in [0.1, 0.15) is 6.29 Å². The molecule has 82 valence electrons. The molecule has 0 radical (unpaired) electrons. The average Bonchev–Trinajstić information content (AvgIpc) is 2.16. The van der Waals surface area contributed by atoms with Crippen LogP contribution in [0.15, 0.2) is 6.07 Å². The highest BCUT2D eigenvalue weighted by atomic mass is 35.5. The molecule has 1 atom stereocenters. The number of rotatable bonds is 3. The third kappa shape index (κ3) is 2.29. The molecule has 0 spiro atoms. The molecular formula is C11H12ClFO2. The van der Waals surface area contributed by atoms with Gasteiger partial charge in [-0.25, -0.2) is 4.39 Å². The van der Waals surface area contributed by atoms with Crippen molar-refractivity contribution in [3.8, 4) is 5.75 Å². The van der Waals surface area contributed by atoms with Crippen LogP contribution in [0.3, 0.4) is 0 Å². The zero-order valence-electron chi connectivity index (χ0n) is 8.55. The van der Waals surface area contributed by atoms with Crippen LogP contribution in [-0.4, -0.2) is 11.4 Å². The normalized spacial score (nSPS) is 12.5. The van der Waals surface area contributed by atoms with Crippen molar-refractivity contribution in [1.29, 1.82) is 0 Å². The van der Waals surface area contributed by atoms with Gasteiger partial charge < -0.3 is 9.90 Å². The Morgan fingerprint density at radius 3 is 2.80 bits per heavy atom. The summed E-state index contributed by atoms with van der Waals surface area (Å²) in [6.45, 7) is 3.43. The van der Waals surface area contributed by atoms with Gasteiger partial charge in [0.25, 0.3) is 0 Å². The first-order chi connectivity index (χ1) is 6.99. The van der Waals surface area contributed by atoms with Crippen molar-refractivity contribution in [2.24, 2.45) is 0 Å². The molecular weight excluding hydrogens is 219 g/mol. The van der Waals surface area contributed by atoms with E-state index < -0.39 is 11.6 Å². The number of benzene rings is 1. The predicted octanol–water partition coefficient (Wildman–Crippen LogP) is 3.19.